The summed E-state index contributed by atoms with van der Waals surface area (Å²) in [6, 6.07) is 10.7. The van der Waals surface area contributed by atoms with Crippen LogP contribution in [0.2, 0.25) is 0 Å². The van der Waals surface area contributed by atoms with Crippen LogP contribution in [0.5, 0.6) is 0 Å². The van der Waals surface area contributed by atoms with E-state index < -0.39 is 0 Å². The minimum Gasteiger partial charge on any atom is -0.381 e. The fraction of sp³-hybridized carbons (Fsp3) is 0.714. The molecular weight excluding hydrogens is 268 g/mol. The van der Waals surface area contributed by atoms with Crippen LogP contribution in [0.4, 0.5) is 0 Å². The number of benzene rings is 1. The molecule has 0 fully saturated rings. The summed E-state index contributed by atoms with van der Waals surface area (Å²) in [6.45, 7) is 4.14. The molecule has 1 aromatic rings. The summed E-state index contributed by atoms with van der Waals surface area (Å²) in [5, 5.41) is 0. The molecule has 0 aliphatic heterocycles. The Hall–Kier alpha value is -0.820. The number of unbranched alkanes of at least 4 members (excludes halogenated alkanes) is 9. The number of ether oxygens (including phenoxy) is 1. The molecule has 0 aromatic heterocycles. The predicted molar refractivity (Wildman–Crippen MR) is 97.4 cm³/mol. The van der Waals surface area contributed by atoms with Gasteiger partial charge in [0.2, 0.25) is 0 Å². The second kappa shape index (κ2) is 15.1. The second-order valence-corrected chi connectivity index (χ2v) is 6.38. The molecule has 0 atom stereocenters. The summed E-state index contributed by atoms with van der Waals surface area (Å²) in [7, 11) is 0. The normalized spacial score (nSPS) is 11.0. The molecule has 1 nitrogen and oxygen atoms in total. The van der Waals surface area contributed by atoms with Gasteiger partial charge in [0.05, 0.1) is 0 Å². The number of hydrogen-bond acceptors (Lipinski definition) is 1. The van der Waals surface area contributed by atoms with Crippen molar-refractivity contribution in [3.63, 3.8) is 0 Å². The minimum atomic E-state index is 0.909. The third kappa shape index (κ3) is 11.8. The Morgan fingerprint density at radius 1 is 0.636 bits per heavy atom. The van der Waals surface area contributed by atoms with Gasteiger partial charge in [0, 0.05) is 13.2 Å². The lowest BCUT2D eigenvalue weighted by atomic mass is 10.1. The fourth-order valence-electron chi connectivity index (χ4n) is 2.82. The summed E-state index contributed by atoms with van der Waals surface area (Å²) in [6.07, 6.45) is 16.2. The first-order chi connectivity index (χ1) is 10.9. The molecule has 126 valence electrons. The van der Waals surface area contributed by atoms with E-state index in [4.69, 9.17) is 4.74 Å². The van der Waals surface area contributed by atoms with Gasteiger partial charge < -0.3 is 4.74 Å². The summed E-state index contributed by atoms with van der Waals surface area (Å²) in [5.41, 5.74) is 1.42. The molecule has 0 bridgehead atoms. The van der Waals surface area contributed by atoms with Crippen molar-refractivity contribution in [1.29, 1.82) is 0 Å². The molecule has 1 rings (SSSR count). The smallest absolute Gasteiger partial charge is 0.0469 e. The number of hydrogen-bond donors (Lipinski definition) is 0. The molecule has 0 unspecified atom stereocenters. The molecule has 0 saturated heterocycles. The van der Waals surface area contributed by atoms with Gasteiger partial charge in [0.25, 0.3) is 0 Å². The van der Waals surface area contributed by atoms with Crippen molar-refractivity contribution in [3.8, 4) is 0 Å². The largest absolute Gasteiger partial charge is 0.381 e. The fourth-order valence-corrected chi connectivity index (χ4v) is 2.82. The van der Waals surface area contributed by atoms with Gasteiger partial charge in [-0.1, -0.05) is 95.0 Å². The van der Waals surface area contributed by atoms with E-state index in [2.05, 4.69) is 37.3 Å². The van der Waals surface area contributed by atoms with Crippen LogP contribution < -0.4 is 0 Å². The van der Waals surface area contributed by atoms with E-state index >= 15 is 0 Å². The molecular formula is C21H36O. The quantitative estimate of drug-likeness (QED) is 0.333. The van der Waals surface area contributed by atoms with Gasteiger partial charge in [-0.3, -0.25) is 0 Å². The van der Waals surface area contributed by atoms with Crippen LogP contribution in [-0.2, 0) is 11.2 Å². The minimum absolute atomic E-state index is 0.909. The first-order valence-corrected chi connectivity index (χ1v) is 9.55. The molecule has 22 heavy (non-hydrogen) atoms. The van der Waals surface area contributed by atoms with Gasteiger partial charge in [-0.25, -0.2) is 0 Å². The maximum atomic E-state index is 5.73. The molecule has 0 N–H and O–H groups in total. The topological polar surface area (TPSA) is 9.23 Å². The van der Waals surface area contributed by atoms with Gasteiger partial charge in [0.15, 0.2) is 0 Å². The molecule has 0 saturated carbocycles. The van der Waals surface area contributed by atoms with Crippen LogP contribution in [-0.4, -0.2) is 13.2 Å². The van der Waals surface area contributed by atoms with Gasteiger partial charge in [-0.15, -0.1) is 0 Å². The Balaban J connectivity index is 1.73. The van der Waals surface area contributed by atoms with Crippen molar-refractivity contribution in [2.24, 2.45) is 0 Å². The van der Waals surface area contributed by atoms with E-state index in [9.17, 15) is 0 Å². The molecule has 0 aliphatic rings. The van der Waals surface area contributed by atoms with E-state index in [0.717, 1.165) is 26.1 Å². The van der Waals surface area contributed by atoms with Gasteiger partial charge in [0.1, 0.15) is 0 Å². The lowest BCUT2D eigenvalue weighted by Gasteiger charge is -2.05. The number of rotatable bonds is 15. The zero-order chi connectivity index (χ0) is 15.7. The van der Waals surface area contributed by atoms with E-state index in [1.807, 2.05) is 0 Å². The lowest BCUT2D eigenvalue weighted by Crippen LogP contribution is -1.98. The Bertz CT molecular complexity index is 320. The molecule has 0 heterocycles. The van der Waals surface area contributed by atoms with Crippen molar-refractivity contribution >= 4 is 0 Å². The first kappa shape index (κ1) is 19.2. The second-order valence-electron chi connectivity index (χ2n) is 6.38. The highest BCUT2D eigenvalue weighted by molar-refractivity contribution is 5.14. The molecule has 0 aliphatic carbocycles. The van der Waals surface area contributed by atoms with Crippen LogP contribution in [0, 0.1) is 0 Å². The average molecular weight is 305 g/mol. The van der Waals surface area contributed by atoms with E-state index in [-0.39, 0.29) is 0 Å². The summed E-state index contributed by atoms with van der Waals surface area (Å²) < 4.78 is 5.73. The third-order valence-electron chi connectivity index (χ3n) is 4.24. The Morgan fingerprint density at radius 2 is 1.18 bits per heavy atom. The van der Waals surface area contributed by atoms with Crippen molar-refractivity contribution in [2.45, 2.75) is 84.0 Å². The van der Waals surface area contributed by atoms with Crippen LogP contribution in [0.1, 0.15) is 83.1 Å². The standard InChI is InChI=1S/C21H36O/c1-2-3-4-5-6-7-8-9-10-14-19-22-20-15-18-21-16-12-11-13-17-21/h11-13,16-17H,2-10,14-15,18-20H2,1H3. The monoisotopic (exact) mass is 304 g/mol. The highest BCUT2D eigenvalue weighted by Crippen LogP contribution is 2.10. The maximum absolute atomic E-state index is 5.73. The summed E-state index contributed by atoms with van der Waals surface area (Å²) in [4.78, 5) is 0. The molecule has 0 radical (unpaired) electrons. The molecule has 0 amide bonds. The summed E-state index contributed by atoms with van der Waals surface area (Å²) >= 11 is 0. The van der Waals surface area contributed by atoms with Gasteiger partial charge in [-0.05, 0) is 24.8 Å². The van der Waals surface area contributed by atoms with E-state index in [0.29, 0.717) is 0 Å². The first-order valence-electron chi connectivity index (χ1n) is 9.55. The van der Waals surface area contributed by atoms with Crippen molar-refractivity contribution in [3.05, 3.63) is 35.9 Å². The Labute approximate surface area is 138 Å². The van der Waals surface area contributed by atoms with Gasteiger partial charge in [-0.2, -0.15) is 0 Å². The zero-order valence-corrected chi connectivity index (χ0v) is 14.7. The van der Waals surface area contributed by atoms with Gasteiger partial charge >= 0.3 is 0 Å². The van der Waals surface area contributed by atoms with Crippen molar-refractivity contribution in [2.75, 3.05) is 13.2 Å². The lowest BCUT2D eigenvalue weighted by molar-refractivity contribution is 0.127. The van der Waals surface area contributed by atoms with Crippen LogP contribution in [0.3, 0.4) is 0 Å². The SMILES string of the molecule is CCCCCCCCCCCCOCCCc1ccccc1. The zero-order valence-electron chi connectivity index (χ0n) is 14.7. The van der Waals surface area contributed by atoms with E-state index in [1.54, 1.807) is 0 Å². The maximum Gasteiger partial charge on any atom is 0.0469 e. The highest BCUT2D eigenvalue weighted by Gasteiger charge is 1.95. The molecule has 1 aromatic carbocycles. The van der Waals surface area contributed by atoms with Crippen LogP contribution in [0.15, 0.2) is 30.3 Å². The highest BCUT2D eigenvalue weighted by atomic mass is 16.5. The van der Waals surface area contributed by atoms with Crippen molar-refractivity contribution in [1.82, 2.24) is 0 Å². The Morgan fingerprint density at radius 3 is 1.82 bits per heavy atom. The van der Waals surface area contributed by atoms with E-state index in [1.165, 1.54) is 69.8 Å². The molecule has 0 spiro atoms. The van der Waals surface area contributed by atoms with Crippen molar-refractivity contribution < 1.29 is 4.74 Å². The summed E-state index contributed by atoms with van der Waals surface area (Å²) in [5.74, 6) is 0. The van der Waals surface area contributed by atoms with Crippen LogP contribution >= 0.6 is 0 Å². The van der Waals surface area contributed by atoms with Crippen LogP contribution in [0.25, 0.3) is 0 Å². The predicted octanol–water partition coefficient (Wildman–Crippen LogP) is 6.56. The average Bonchev–Trinajstić information content (AvgIpc) is 2.56. The third-order valence-corrected chi connectivity index (χ3v) is 4.24. The molecule has 1 heteroatoms. The Kier molecular flexibility index (Phi) is 13.2. The number of aryl methyl sites for hydroxylation is 1.